The molecule has 0 amide bonds. The Morgan fingerprint density at radius 3 is 2.16 bits per heavy atom. The number of cyclic esters (lactones) is 1. The fraction of sp³-hybridized carbons (Fsp3) is 0.900. The van der Waals surface area contributed by atoms with Gasteiger partial charge in [0.25, 0.3) is 0 Å². The van der Waals surface area contributed by atoms with Gasteiger partial charge in [-0.3, -0.25) is 9.59 Å². The molecule has 25 heavy (non-hydrogen) atoms. The van der Waals surface area contributed by atoms with Crippen LogP contribution >= 0.6 is 0 Å². The first-order valence-corrected chi connectivity index (χ1v) is 9.69. The quantitative estimate of drug-likeness (QED) is 0.706. The van der Waals surface area contributed by atoms with Crippen LogP contribution in [0.2, 0.25) is 0 Å². The first-order valence-electron chi connectivity index (χ1n) is 9.69. The lowest BCUT2D eigenvalue weighted by atomic mass is 9.81. The van der Waals surface area contributed by atoms with Gasteiger partial charge in [0.05, 0.1) is 18.1 Å². The molecule has 0 aromatic heterocycles. The van der Waals surface area contributed by atoms with Crippen molar-refractivity contribution in [1.82, 2.24) is 0 Å². The predicted octanol–water partition coefficient (Wildman–Crippen LogP) is 2.96. The lowest BCUT2D eigenvalue weighted by Gasteiger charge is -2.33. The van der Waals surface area contributed by atoms with Crippen LogP contribution in [0.5, 0.6) is 0 Å². The van der Waals surface area contributed by atoms with E-state index in [0.29, 0.717) is 25.7 Å². The number of aliphatic hydroxyl groups is 2. The summed E-state index contributed by atoms with van der Waals surface area (Å²) >= 11 is 0. The number of esters is 1. The standard InChI is InChI=1S/C20H36O5/c1-7-17-13(4)10-12(3)16(21)9-8-11(2)18(22)14(5)19(23)15(6)20(24)25-17/h11-15,17-19,22-23H,7-10H2,1-6H3. The topological polar surface area (TPSA) is 83.8 Å². The Labute approximate surface area is 152 Å². The van der Waals surface area contributed by atoms with Gasteiger partial charge in [-0.15, -0.1) is 0 Å². The molecule has 1 fully saturated rings. The van der Waals surface area contributed by atoms with E-state index in [-0.39, 0.29) is 29.6 Å². The van der Waals surface area contributed by atoms with Gasteiger partial charge in [0.2, 0.25) is 0 Å². The van der Waals surface area contributed by atoms with Gasteiger partial charge in [0.15, 0.2) is 0 Å². The SMILES string of the molecule is CCC1OC(=O)C(C)C(O)C(C)C(O)C(C)CCC(=O)C(C)CC1C. The summed E-state index contributed by atoms with van der Waals surface area (Å²) in [6.07, 6.45) is 0.361. The van der Waals surface area contributed by atoms with E-state index in [9.17, 15) is 19.8 Å². The molecular formula is C20H36O5. The molecule has 8 atom stereocenters. The number of carbonyl (C=O) groups is 2. The van der Waals surface area contributed by atoms with E-state index in [1.807, 2.05) is 27.7 Å². The van der Waals surface area contributed by atoms with Gasteiger partial charge >= 0.3 is 5.97 Å². The lowest BCUT2D eigenvalue weighted by molar-refractivity contribution is -0.163. The largest absolute Gasteiger partial charge is 0.462 e. The Hall–Kier alpha value is -0.940. The van der Waals surface area contributed by atoms with Crippen molar-refractivity contribution in [3.63, 3.8) is 0 Å². The van der Waals surface area contributed by atoms with Crippen molar-refractivity contribution in [2.75, 3.05) is 0 Å². The van der Waals surface area contributed by atoms with Gasteiger partial charge in [0.1, 0.15) is 11.9 Å². The van der Waals surface area contributed by atoms with Crippen molar-refractivity contribution < 1.29 is 24.5 Å². The Bertz CT molecular complexity index is 449. The van der Waals surface area contributed by atoms with Crippen LogP contribution in [0, 0.1) is 29.6 Å². The van der Waals surface area contributed by atoms with Gasteiger partial charge < -0.3 is 14.9 Å². The second-order valence-electron chi connectivity index (χ2n) is 8.11. The molecule has 146 valence electrons. The maximum absolute atomic E-state index is 12.5. The highest BCUT2D eigenvalue weighted by Crippen LogP contribution is 2.28. The van der Waals surface area contributed by atoms with Crippen molar-refractivity contribution in [3.05, 3.63) is 0 Å². The van der Waals surface area contributed by atoms with Gasteiger partial charge in [-0.25, -0.2) is 0 Å². The van der Waals surface area contributed by atoms with Crippen molar-refractivity contribution in [2.45, 2.75) is 85.5 Å². The second kappa shape index (κ2) is 9.67. The smallest absolute Gasteiger partial charge is 0.311 e. The molecule has 5 heteroatoms. The van der Waals surface area contributed by atoms with Crippen molar-refractivity contribution >= 4 is 11.8 Å². The summed E-state index contributed by atoms with van der Waals surface area (Å²) in [6, 6.07) is 0. The van der Waals surface area contributed by atoms with Crippen LogP contribution in [0.4, 0.5) is 0 Å². The minimum absolute atomic E-state index is 0.0839. The molecule has 2 N–H and O–H groups in total. The van der Waals surface area contributed by atoms with Gasteiger partial charge in [-0.2, -0.15) is 0 Å². The average molecular weight is 357 g/mol. The van der Waals surface area contributed by atoms with E-state index >= 15 is 0 Å². The van der Waals surface area contributed by atoms with Gasteiger partial charge in [-0.1, -0.05) is 34.6 Å². The van der Waals surface area contributed by atoms with E-state index in [0.717, 1.165) is 0 Å². The third kappa shape index (κ3) is 5.78. The Balaban J connectivity index is 3.04. The zero-order chi connectivity index (χ0) is 19.3. The van der Waals surface area contributed by atoms with Crippen LogP contribution in [0.1, 0.15) is 67.2 Å². The molecule has 1 aliphatic heterocycles. The van der Waals surface area contributed by atoms with Crippen LogP contribution in [0.25, 0.3) is 0 Å². The summed E-state index contributed by atoms with van der Waals surface area (Å²) < 4.78 is 5.64. The third-order valence-corrected chi connectivity index (χ3v) is 5.97. The molecule has 1 heterocycles. The molecule has 0 saturated carbocycles. The molecule has 1 saturated heterocycles. The maximum Gasteiger partial charge on any atom is 0.311 e. The molecule has 1 aliphatic rings. The number of hydrogen-bond acceptors (Lipinski definition) is 5. The summed E-state index contributed by atoms with van der Waals surface area (Å²) in [5.41, 5.74) is 0. The monoisotopic (exact) mass is 356 g/mol. The number of aliphatic hydroxyl groups excluding tert-OH is 2. The zero-order valence-electron chi connectivity index (χ0n) is 16.6. The predicted molar refractivity (Wildman–Crippen MR) is 96.9 cm³/mol. The fourth-order valence-electron chi connectivity index (χ4n) is 3.80. The molecule has 0 aliphatic carbocycles. The number of ketones is 1. The maximum atomic E-state index is 12.5. The van der Waals surface area contributed by atoms with Crippen LogP contribution < -0.4 is 0 Å². The third-order valence-electron chi connectivity index (χ3n) is 5.97. The summed E-state index contributed by atoms with van der Waals surface area (Å²) in [6.45, 7) is 11.2. The van der Waals surface area contributed by atoms with E-state index in [2.05, 4.69) is 0 Å². The number of hydrogen-bond donors (Lipinski definition) is 2. The fourth-order valence-corrected chi connectivity index (χ4v) is 3.80. The van der Waals surface area contributed by atoms with E-state index in [1.54, 1.807) is 13.8 Å². The summed E-state index contributed by atoms with van der Waals surface area (Å²) in [5.74, 6) is -1.53. The highest BCUT2D eigenvalue weighted by atomic mass is 16.5. The normalized spacial score (nSPS) is 42.6. The number of rotatable bonds is 1. The van der Waals surface area contributed by atoms with E-state index < -0.39 is 30.0 Å². The summed E-state index contributed by atoms with van der Waals surface area (Å²) in [5, 5.41) is 21.0. The van der Waals surface area contributed by atoms with Crippen LogP contribution in [0.15, 0.2) is 0 Å². The minimum Gasteiger partial charge on any atom is -0.462 e. The molecular weight excluding hydrogens is 320 g/mol. The number of Topliss-reactive ketones (excluding diaryl/α,β-unsaturated/α-hetero) is 1. The number of carbonyl (C=O) groups excluding carboxylic acids is 2. The second-order valence-corrected chi connectivity index (χ2v) is 8.11. The first kappa shape index (κ1) is 22.1. The van der Waals surface area contributed by atoms with Crippen LogP contribution in [0.3, 0.4) is 0 Å². The highest BCUT2D eigenvalue weighted by Gasteiger charge is 2.36. The molecule has 0 bridgehead atoms. The van der Waals surface area contributed by atoms with Gasteiger partial charge in [-0.05, 0) is 38.0 Å². The van der Waals surface area contributed by atoms with Gasteiger partial charge in [0, 0.05) is 18.3 Å². The first-order chi connectivity index (χ1) is 11.6. The Morgan fingerprint density at radius 2 is 1.60 bits per heavy atom. The molecule has 0 spiro atoms. The Morgan fingerprint density at radius 1 is 1.00 bits per heavy atom. The minimum atomic E-state index is -0.977. The highest BCUT2D eigenvalue weighted by molar-refractivity contribution is 5.80. The van der Waals surface area contributed by atoms with Crippen LogP contribution in [-0.2, 0) is 14.3 Å². The summed E-state index contributed by atoms with van der Waals surface area (Å²) in [4.78, 5) is 24.9. The zero-order valence-corrected chi connectivity index (χ0v) is 16.6. The average Bonchev–Trinajstić information content (AvgIpc) is 2.59. The molecule has 0 aromatic carbocycles. The van der Waals surface area contributed by atoms with Crippen molar-refractivity contribution in [2.24, 2.45) is 29.6 Å². The molecule has 1 rings (SSSR count). The molecule has 5 nitrogen and oxygen atoms in total. The van der Waals surface area contributed by atoms with Crippen molar-refractivity contribution in [1.29, 1.82) is 0 Å². The summed E-state index contributed by atoms with van der Waals surface area (Å²) in [7, 11) is 0. The van der Waals surface area contributed by atoms with E-state index in [4.69, 9.17) is 4.74 Å². The molecule has 8 unspecified atom stereocenters. The van der Waals surface area contributed by atoms with Crippen LogP contribution in [-0.4, -0.2) is 40.3 Å². The Kier molecular flexibility index (Phi) is 8.55. The molecule has 0 radical (unpaired) electrons. The van der Waals surface area contributed by atoms with Crippen molar-refractivity contribution in [3.8, 4) is 0 Å². The van der Waals surface area contributed by atoms with E-state index in [1.165, 1.54) is 0 Å². The molecule has 0 aromatic rings. The lowest BCUT2D eigenvalue weighted by Crippen LogP contribution is -2.42. The number of ether oxygens (including phenoxy) is 1.